The zero-order valence-electron chi connectivity index (χ0n) is 81.7. The maximum absolute atomic E-state index is 13.2. The summed E-state index contributed by atoms with van der Waals surface area (Å²) in [6.07, 6.45) is 10.2. The van der Waals surface area contributed by atoms with Gasteiger partial charge in [-0.3, -0.25) is 24.0 Å². The van der Waals surface area contributed by atoms with Gasteiger partial charge >= 0.3 is 5.91 Å². The zero-order valence-corrected chi connectivity index (χ0v) is 81.7. The number of fused-ring (bicyclic) bond motifs is 5. The summed E-state index contributed by atoms with van der Waals surface area (Å²) in [7, 11) is 0. The average molecular weight is 1870 g/mol. The Balaban J connectivity index is 0.000000156. The minimum Gasteiger partial charge on any atom is -0.349 e. The minimum atomic E-state index is -0.152. The molecule has 5 aliphatic rings. The number of benzene rings is 11. The Morgan fingerprint density at radius 3 is 0.849 bits per heavy atom. The van der Waals surface area contributed by atoms with E-state index in [9.17, 15) is 24.0 Å². The van der Waals surface area contributed by atoms with Crippen LogP contribution >= 0.6 is 0 Å². The summed E-state index contributed by atoms with van der Waals surface area (Å²) in [6, 6.07) is 83.4. The van der Waals surface area contributed by atoms with Crippen molar-refractivity contribution in [2.75, 3.05) is 58.9 Å². The molecule has 0 fully saturated rings. The summed E-state index contributed by atoms with van der Waals surface area (Å²) in [6.45, 7) is 19.8. The third-order valence-electron chi connectivity index (χ3n) is 25.5. The first-order valence-electron chi connectivity index (χ1n) is 48.8. The van der Waals surface area contributed by atoms with E-state index in [1.807, 2.05) is 36.4 Å². The number of amides is 5. The van der Waals surface area contributed by atoms with Crippen LogP contribution in [-0.4, -0.2) is 158 Å². The second kappa shape index (κ2) is 51.9. The number of rotatable bonds is 37. The monoisotopic (exact) mass is 1870 g/mol. The Morgan fingerprint density at radius 1 is 0.295 bits per heavy atom. The van der Waals surface area contributed by atoms with Gasteiger partial charge in [0.1, 0.15) is 22.8 Å². The molecule has 6 atom stereocenters. The average Bonchev–Trinajstić information content (AvgIpc) is 1.62. The van der Waals surface area contributed by atoms with Crippen molar-refractivity contribution in [3.63, 3.8) is 0 Å². The Labute approximate surface area is 819 Å². The third-order valence-corrected chi connectivity index (χ3v) is 25.5. The molecule has 0 radical (unpaired) electrons. The number of nitrogens with zero attached hydrogens (tertiary/aromatic N) is 5. The van der Waals surface area contributed by atoms with Crippen molar-refractivity contribution in [3.05, 3.63) is 304 Å². The maximum atomic E-state index is 13.2. The van der Waals surface area contributed by atoms with Crippen LogP contribution in [0.5, 0.6) is 0 Å². The van der Waals surface area contributed by atoms with Crippen LogP contribution in [0.3, 0.4) is 0 Å². The molecule has 25 heteroatoms. The standard InChI is InChI=1S/C28H32N4O.C24H32N4O.2C21H26N4O.C20H24N4O/c1-20-9-11-22(12-10-20)23-13-14-24-17-27(28(33)31-18-25(30)8-5-15-29)32(26(24)16-23)19-21-6-3-2-4-7-21;1-15(2)21(26)11-10-20(25)14-27-24(29)23-13-19-9-8-18(12-22(19)28-23)17-6-4-16(3)5-7-17;2*1-14-4-6-15(7-5-14)16-8-9-17-12-20(25-19(17)11-16)21(26)24-13-18(23)3-2-10-22;1-13-2-4-14(5-3-13)15-6-7-16-11-19(24-18(16)10-15)20(25)23-12-17(22)8-9-21/h2-4,6-7,9-14,16,25H,5,8,15,17-19,29-30H2,1H3;4-9,12,15,20-21H,10-11,13-14,25-26H2,1-3H3,(H,27,29);2*4-9,11,18H,2-3,10,12-13,22-23H2,1H3,(H,24,26);2-7,10,17H,8-9,11-12,21-22H2,1H3,(H,23,25)/p+1/t25-;20-,21?;2*18-;17-/m00100/s1. The number of carbonyl (C=O) groups excluding carboxylic acids is 5. The summed E-state index contributed by atoms with van der Waals surface area (Å²) < 4.78 is 2.16. The van der Waals surface area contributed by atoms with Crippen LogP contribution in [-0.2, 0) is 62.6 Å². The van der Waals surface area contributed by atoms with Gasteiger partial charge in [0, 0.05) is 112 Å². The van der Waals surface area contributed by atoms with Crippen molar-refractivity contribution in [1.82, 2.24) is 26.6 Å². The lowest BCUT2D eigenvalue weighted by atomic mass is 9.98. The molecular formula is C114H141N20O5+. The normalized spacial score (nSPS) is 14.1. The van der Waals surface area contributed by atoms with Gasteiger partial charge in [-0.05, 0) is 227 Å². The van der Waals surface area contributed by atoms with Crippen molar-refractivity contribution in [3.8, 4) is 55.6 Å². The molecule has 0 saturated heterocycles. The molecule has 5 heterocycles. The molecule has 1 unspecified atom stereocenters. The van der Waals surface area contributed by atoms with Gasteiger partial charge in [-0.1, -0.05) is 254 Å². The molecule has 16 rings (SSSR count). The molecule has 25 nitrogen and oxygen atoms in total. The molecule has 726 valence electrons. The van der Waals surface area contributed by atoms with Gasteiger partial charge in [0.2, 0.25) is 5.69 Å². The lowest BCUT2D eigenvalue weighted by Crippen LogP contribution is -2.42. The van der Waals surface area contributed by atoms with Crippen LogP contribution in [0.25, 0.3) is 55.6 Å². The van der Waals surface area contributed by atoms with E-state index in [4.69, 9.17) is 57.3 Å². The highest BCUT2D eigenvalue weighted by atomic mass is 16.2. The lowest BCUT2D eigenvalue weighted by molar-refractivity contribution is -0.454. The SMILES string of the molecule is Cc1ccc(-c2ccc3c(c2)N=C(C(=O)NC[C@@H](N)CCC(N)C(C)C)C3)cc1.Cc1ccc(-c2ccc3c(c2)N=C(C(=O)NC[C@@H](N)CCCN)C3)cc1.Cc1ccc(-c2ccc3c(c2)N=C(C(=O)NC[C@@H](N)CCN)C3)cc1.Cc1ccc(-c2ccc3c(c2)N=C(C(=O)NC[C@H](N)CCCN)C3)cc1.Cc1ccc(-c2ccc3c(c2)[N+](Cc2ccccc2)=C(C(=O)NC[C@@H](N)CCCN)C3)cc1. The van der Waals surface area contributed by atoms with Crippen molar-refractivity contribution >= 4 is 86.5 Å². The van der Waals surface area contributed by atoms with E-state index in [1.54, 1.807) is 0 Å². The van der Waals surface area contributed by atoms with Crippen LogP contribution in [0.4, 0.5) is 28.4 Å². The molecule has 0 aliphatic carbocycles. The highest BCUT2D eigenvalue weighted by molar-refractivity contribution is 6.43. The van der Waals surface area contributed by atoms with E-state index in [-0.39, 0.29) is 65.8 Å². The van der Waals surface area contributed by atoms with E-state index in [0.29, 0.717) is 133 Å². The summed E-state index contributed by atoms with van der Waals surface area (Å²) in [5.41, 5.74) is 89.9. The molecule has 11 aromatic rings. The first-order valence-corrected chi connectivity index (χ1v) is 48.8. The predicted octanol–water partition coefficient (Wildman–Crippen LogP) is 14.2. The van der Waals surface area contributed by atoms with E-state index < -0.39 is 0 Å². The van der Waals surface area contributed by atoms with Crippen LogP contribution in [0, 0.1) is 40.5 Å². The fraction of sp³-hybridized carbons (Fsp3) is 0.333. The Bertz CT molecular complexity index is 6030. The molecule has 25 N–H and O–H groups in total. The molecule has 0 saturated carbocycles. The van der Waals surface area contributed by atoms with Crippen molar-refractivity contribution in [2.45, 2.75) is 181 Å². The number of aryl methyl sites for hydroxylation is 5. The highest BCUT2D eigenvalue weighted by Gasteiger charge is 2.36. The van der Waals surface area contributed by atoms with E-state index in [2.05, 4.69) is 306 Å². The quantitative estimate of drug-likeness (QED) is 0.0161. The lowest BCUT2D eigenvalue weighted by Gasteiger charge is -2.18. The number of hydrogen-bond acceptors (Lipinski definition) is 19. The third kappa shape index (κ3) is 30.9. The Morgan fingerprint density at radius 2 is 0.561 bits per heavy atom. The Hall–Kier alpha value is -13.3. The second-order valence-corrected chi connectivity index (χ2v) is 37.4. The van der Waals surface area contributed by atoms with Gasteiger partial charge in [0.15, 0.2) is 6.54 Å². The van der Waals surface area contributed by atoms with Gasteiger partial charge in [-0.2, -0.15) is 4.58 Å². The minimum absolute atomic E-state index is 0.0535. The van der Waals surface area contributed by atoms with Gasteiger partial charge < -0.3 is 83.9 Å². The number of nitrogens with two attached hydrogens (primary N) is 10. The first kappa shape index (κ1) is 105. The second-order valence-electron chi connectivity index (χ2n) is 37.4. The van der Waals surface area contributed by atoms with Crippen molar-refractivity contribution in [1.29, 1.82) is 0 Å². The topological polar surface area (TPSA) is 458 Å². The maximum Gasteiger partial charge on any atom is 0.311 e. The van der Waals surface area contributed by atoms with Crippen LogP contribution in [0.1, 0.15) is 133 Å². The molecule has 0 spiro atoms. The molecule has 11 aromatic carbocycles. The van der Waals surface area contributed by atoms with E-state index >= 15 is 0 Å². The van der Waals surface area contributed by atoms with Gasteiger partial charge in [0.05, 0.1) is 29.2 Å². The van der Waals surface area contributed by atoms with Crippen molar-refractivity contribution in [2.24, 2.45) is 83.2 Å². The van der Waals surface area contributed by atoms with E-state index in [0.717, 1.165) is 163 Å². The van der Waals surface area contributed by atoms with Crippen molar-refractivity contribution < 1.29 is 28.5 Å². The van der Waals surface area contributed by atoms with Gasteiger partial charge in [-0.25, -0.2) is 20.0 Å². The summed E-state index contributed by atoms with van der Waals surface area (Å²) in [5.74, 6) is -0.181. The first-order chi connectivity index (χ1) is 67.1. The molecule has 0 aromatic heterocycles. The van der Waals surface area contributed by atoms with Crippen LogP contribution in [0.15, 0.2) is 263 Å². The van der Waals surface area contributed by atoms with E-state index in [1.165, 1.54) is 38.9 Å². The van der Waals surface area contributed by atoms with Crippen LogP contribution in [0.2, 0.25) is 0 Å². The molecular weight excluding hydrogens is 1730 g/mol. The fourth-order valence-electron chi connectivity index (χ4n) is 16.7. The summed E-state index contributed by atoms with van der Waals surface area (Å²) in [5, 5.41) is 14.6. The molecule has 0 bridgehead atoms. The number of aliphatic imine (C=N–C) groups is 4. The van der Waals surface area contributed by atoms with Crippen LogP contribution < -0.4 is 83.9 Å². The number of hydrogen-bond donors (Lipinski definition) is 15. The highest BCUT2D eigenvalue weighted by Crippen LogP contribution is 2.39. The Kier molecular flexibility index (Phi) is 39.1. The molecule has 139 heavy (non-hydrogen) atoms. The smallest absolute Gasteiger partial charge is 0.311 e. The van der Waals surface area contributed by atoms with Gasteiger partial charge in [0.25, 0.3) is 29.3 Å². The largest absolute Gasteiger partial charge is 0.349 e. The number of carbonyl (C=O) groups is 5. The zero-order chi connectivity index (χ0) is 99.0. The van der Waals surface area contributed by atoms with Gasteiger partial charge in [-0.15, -0.1) is 0 Å². The molecule has 5 amide bonds. The summed E-state index contributed by atoms with van der Waals surface area (Å²) >= 11 is 0. The number of nitrogens with one attached hydrogen (secondary N) is 5. The fourth-order valence-corrected chi connectivity index (χ4v) is 16.7. The summed E-state index contributed by atoms with van der Waals surface area (Å²) in [4.78, 5) is 80.9. The predicted molar refractivity (Wildman–Crippen MR) is 571 cm³/mol. The molecule has 5 aliphatic heterocycles.